The average molecular weight is 391 g/mol. The molecule has 0 radical (unpaired) electrons. The Morgan fingerprint density at radius 3 is 2.10 bits per heavy atom. The van der Waals surface area contributed by atoms with Gasteiger partial charge in [-0.3, -0.25) is 14.6 Å². The molecule has 0 atom stereocenters. The van der Waals surface area contributed by atoms with Gasteiger partial charge in [-0.25, -0.2) is 4.39 Å². The lowest BCUT2D eigenvalue weighted by atomic mass is 10.1. The Morgan fingerprint density at radius 1 is 0.862 bits per heavy atom. The van der Waals surface area contributed by atoms with Gasteiger partial charge in [0.15, 0.2) is 0 Å². The third kappa shape index (κ3) is 5.97. The summed E-state index contributed by atoms with van der Waals surface area (Å²) in [5.74, 6) is -0.895. The SMILES string of the molecule is Cc1ccc(CNC(=O)c2cncc(C(=O)NCCc3ccc(F)cc3)c2)cc1. The normalized spacial score (nSPS) is 10.4. The fraction of sp³-hybridized carbons (Fsp3) is 0.174. The Kier molecular flexibility index (Phi) is 6.68. The minimum Gasteiger partial charge on any atom is -0.352 e. The van der Waals surface area contributed by atoms with Crippen LogP contribution >= 0.6 is 0 Å². The van der Waals surface area contributed by atoms with Crippen molar-refractivity contribution in [3.63, 3.8) is 0 Å². The van der Waals surface area contributed by atoms with Crippen LogP contribution in [-0.2, 0) is 13.0 Å². The minimum absolute atomic E-state index is 0.290. The van der Waals surface area contributed by atoms with Crippen molar-refractivity contribution in [2.45, 2.75) is 19.9 Å². The fourth-order valence-electron chi connectivity index (χ4n) is 2.75. The Hall–Kier alpha value is -3.54. The van der Waals surface area contributed by atoms with Gasteiger partial charge >= 0.3 is 0 Å². The maximum Gasteiger partial charge on any atom is 0.253 e. The molecule has 0 spiro atoms. The monoisotopic (exact) mass is 391 g/mol. The first-order valence-electron chi connectivity index (χ1n) is 9.33. The first-order valence-corrected chi connectivity index (χ1v) is 9.33. The molecule has 0 saturated carbocycles. The Bertz CT molecular complexity index is 986. The molecular weight excluding hydrogens is 369 g/mol. The van der Waals surface area contributed by atoms with Gasteiger partial charge in [0, 0.05) is 25.5 Å². The topological polar surface area (TPSA) is 71.1 Å². The molecule has 6 heteroatoms. The molecule has 0 saturated heterocycles. The van der Waals surface area contributed by atoms with E-state index >= 15 is 0 Å². The van der Waals surface area contributed by atoms with E-state index in [1.54, 1.807) is 12.1 Å². The van der Waals surface area contributed by atoms with Crippen LogP contribution in [0.25, 0.3) is 0 Å². The van der Waals surface area contributed by atoms with Crippen LogP contribution in [0.1, 0.15) is 37.4 Å². The molecule has 2 amide bonds. The van der Waals surface area contributed by atoms with Gasteiger partial charge in [0.25, 0.3) is 11.8 Å². The predicted molar refractivity (Wildman–Crippen MR) is 109 cm³/mol. The standard InChI is InChI=1S/C23H22FN3O2/c1-16-2-4-18(5-3-16)13-27-23(29)20-12-19(14-25-15-20)22(28)26-11-10-17-6-8-21(24)9-7-17/h2-9,12,14-15H,10-11,13H2,1H3,(H,26,28)(H,27,29). The van der Waals surface area contributed by atoms with Gasteiger partial charge in [-0.1, -0.05) is 42.0 Å². The van der Waals surface area contributed by atoms with Gasteiger partial charge in [-0.2, -0.15) is 0 Å². The van der Waals surface area contributed by atoms with Gasteiger partial charge in [-0.05, 0) is 42.7 Å². The van der Waals surface area contributed by atoms with Crippen LogP contribution in [0.2, 0.25) is 0 Å². The summed E-state index contributed by atoms with van der Waals surface area (Å²) in [7, 11) is 0. The summed E-state index contributed by atoms with van der Waals surface area (Å²) in [6.07, 6.45) is 3.43. The van der Waals surface area contributed by atoms with E-state index in [0.717, 1.165) is 16.7 Å². The van der Waals surface area contributed by atoms with Crippen LogP contribution in [0, 0.1) is 12.7 Å². The summed E-state index contributed by atoms with van der Waals surface area (Å²) in [4.78, 5) is 28.7. The van der Waals surface area contributed by atoms with Crippen molar-refractivity contribution in [2.75, 3.05) is 6.54 Å². The Morgan fingerprint density at radius 2 is 1.45 bits per heavy atom. The van der Waals surface area contributed by atoms with Gasteiger partial charge in [-0.15, -0.1) is 0 Å². The number of halogens is 1. The molecule has 0 bridgehead atoms. The van der Waals surface area contributed by atoms with E-state index < -0.39 is 0 Å². The number of carbonyl (C=O) groups is 2. The van der Waals surface area contributed by atoms with Gasteiger partial charge < -0.3 is 10.6 Å². The predicted octanol–water partition coefficient (Wildman–Crippen LogP) is 3.43. The third-order valence-corrected chi connectivity index (χ3v) is 4.45. The number of nitrogens with zero attached hydrogens (tertiary/aromatic N) is 1. The highest BCUT2D eigenvalue weighted by Crippen LogP contribution is 2.07. The molecule has 0 aliphatic rings. The molecule has 0 aliphatic carbocycles. The molecule has 1 heterocycles. The van der Waals surface area contributed by atoms with Crippen molar-refractivity contribution < 1.29 is 14.0 Å². The van der Waals surface area contributed by atoms with E-state index in [-0.39, 0.29) is 17.6 Å². The second kappa shape index (κ2) is 9.59. The van der Waals surface area contributed by atoms with Crippen molar-refractivity contribution in [2.24, 2.45) is 0 Å². The molecule has 3 aromatic rings. The number of hydrogen-bond acceptors (Lipinski definition) is 3. The number of aromatic nitrogens is 1. The molecule has 0 aliphatic heterocycles. The van der Waals surface area contributed by atoms with Crippen molar-refractivity contribution in [3.8, 4) is 0 Å². The number of hydrogen-bond donors (Lipinski definition) is 2. The number of benzene rings is 2. The van der Waals surface area contributed by atoms with Crippen LogP contribution in [0.3, 0.4) is 0 Å². The molecule has 2 N–H and O–H groups in total. The smallest absolute Gasteiger partial charge is 0.253 e. The number of rotatable bonds is 7. The summed E-state index contributed by atoms with van der Waals surface area (Å²) in [5, 5.41) is 5.62. The molecule has 0 fully saturated rings. The van der Waals surface area contributed by atoms with Crippen molar-refractivity contribution >= 4 is 11.8 Å². The Labute approximate surface area is 169 Å². The van der Waals surface area contributed by atoms with Crippen LogP contribution in [0.5, 0.6) is 0 Å². The van der Waals surface area contributed by atoms with Crippen LogP contribution < -0.4 is 10.6 Å². The molecule has 148 valence electrons. The zero-order chi connectivity index (χ0) is 20.6. The minimum atomic E-state index is -0.312. The molecule has 3 rings (SSSR count). The molecule has 2 aromatic carbocycles. The quantitative estimate of drug-likeness (QED) is 0.648. The highest BCUT2D eigenvalue weighted by atomic mass is 19.1. The van der Waals surface area contributed by atoms with Crippen LogP contribution in [0.4, 0.5) is 4.39 Å². The van der Waals surface area contributed by atoms with Gasteiger partial charge in [0.2, 0.25) is 0 Å². The number of pyridine rings is 1. The van der Waals surface area contributed by atoms with Crippen LogP contribution in [-0.4, -0.2) is 23.3 Å². The first-order chi connectivity index (χ1) is 14.0. The lowest BCUT2D eigenvalue weighted by Gasteiger charge is -2.08. The van der Waals surface area contributed by atoms with E-state index in [1.165, 1.54) is 30.6 Å². The third-order valence-electron chi connectivity index (χ3n) is 4.45. The summed E-state index contributed by atoms with van der Waals surface area (Å²) < 4.78 is 12.9. The van der Waals surface area contributed by atoms with Gasteiger partial charge in [0.1, 0.15) is 5.82 Å². The maximum atomic E-state index is 12.9. The zero-order valence-electron chi connectivity index (χ0n) is 16.1. The molecule has 0 unspecified atom stereocenters. The highest BCUT2D eigenvalue weighted by molar-refractivity contribution is 5.99. The molecule has 1 aromatic heterocycles. The van der Waals surface area contributed by atoms with E-state index in [4.69, 9.17) is 0 Å². The summed E-state index contributed by atoms with van der Waals surface area (Å²) >= 11 is 0. The zero-order valence-corrected chi connectivity index (χ0v) is 16.1. The van der Waals surface area contributed by atoms with Gasteiger partial charge in [0.05, 0.1) is 11.1 Å². The first kappa shape index (κ1) is 20.2. The van der Waals surface area contributed by atoms with E-state index in [9.17, 15) is 14.0 Å². The molecule has 5 nitrogen and oxygen atoms in total. The van der Waals surface area contributed by atoms with Crippen molar-refractivity contribution in [1.29, 1.82) is 0 Å². The number of amides is 2. The fourth-order valence-corrected chi connectivity index (χ4v) is 2.75. The second-order valence-corrected chi connectivity index (χ2v) is 6.76. The number of carbonyl (C=O) groups excluding carboxylic acids is 2. The number of nitrogens with one attached hydrogen (secondary N) is 2. The molecular formula is C23H22FN3O2. The summed E-state index contributed by atoms with van der Waals surface area (Å²) in [6, 6.07) is 15.5. The summed E-state index contributed by atoms with van der Waals surface area (Å²) in [6.45, 7) is 2.80. The summed E-state index contributed by atoms with van der Waals surface area (Å²) in [5.41, 5.74) is 3.71. The molecule has 29 heavy (non-hydrogen) atoms. The largest absolute Gasteiger partial charge is 0.352 e. The van der Waals surface area contributed by atoms with E-state index in [0.29, 0.717) is 30.6 Å². The van der Waals surface area contributed by atoms with E-state index in [1.807, 2.05) is 31.2 Å². The number of aryl methyl sites for hydroxylation is 1. The van der Waals surface area contributed by atoms with Crippen LogP contribution in [0.15, 0.2) is 67.0 Å². The van der Waals surface area contributed by atoms with E-state index in [2.05, 4.69) is 15.6 Å². The maximum absolute atomic E-state index is 12.9. The van der Waals surface area contributed by atoms with Crippen molar-refractivity contribution in [3.05, 3.63) is 101 Å². The highest BCUT2D eigenvalue weighted by Gasteiger charge is 2.11. The van der Waals surface area contributed by atoms with Crippen molar-refractivity contribution in [1.82, 2.24) is 15.6 Å². The average Bonchev–Trinajstić information content (AvgIpc) is 2.74. The lowest BCUT2D eigenvalue weighted by molar-refractivity contribution is 0.0950. The lowest BCUT2D eigenvalue weighted by Crippen LogP contribution is -2.27. The second-order valence-electron chi connectivity index (χ2n) is 6.76. The Balaban J connectivity index is 1.53.